The first-order chi connectivity index (χ1) is 12.8. The molecule has 0 aliphatic rings. The minimum atomic E-state index is -4.37. The van der Waals surface area contributed by atoms with Crippen LogP contribution in [-0.2, 0) is 12.6 Å². The quantitative estimate of drug-likeness (QED) is 0.623. The van der Waals surface area contributed by atoms with E-state index in [9.17, 15) is 22.4 Å². The van der Waals surface area contributed by atoms with Gasteiger partial charge in [0.25, 0.3) is 5.91 Å². The van der Waals surface area contributed by atoms with E-state index in [-0.39, 0.29) is 5.91 Å². The summed E-state index contributed by atoms with van der Waals surface area (Å²) in [5.74, 6) is -0.724. The van der Waals surface area contributed by atoms with E-state index in [1.165, 1.54) is 47.7 Å². The van der Waals surface area contributed by atoms with E-state index in [0.29, 0.717) is 29.1 Å². The fourth-order valence-corrected chi connectivity index (χ4v) is 3.22. The highest BCUT2D eigenvalue weighted by atomic mass is 32.1. The van der Waals surface area contributed by atoms with Crippen molar-refractivity contribution < 1.29 is 22.4 Å². The van der Waals surface area contributed by atoms with E-state index in [4.69, 9.17) is 0 Å². The van der Waals surface area contributed by atoms with Crippen molar-refractivity contribution in [2.45, 2.75) is 12.6 Å². The number of benzene rings is 2. The van der Waals surface area contributed by atoms with Crippen LogP contribution in [0.1, 0.15) is 21.6 Å². The maximum absolute atomic E-state index is 12.9. The molecule has 0 fully saturated rings. The van der Waals surface area contributed by atoms with Crippen LogP contribution >= 0.6 is 11.3 Å². The largest absolute Gasteiger partial charge is 0.416 e. The Morgan fingerprint density at radius 3 is 2.33 bits per heavy atom. The number of aromatic nitrogens is 1. The molecular weight excluding hydrogens is 380 g/mol. The number of rotatable bonds is 5. The standard InChI is InChI=1S/C19H14F4N2OS/c20-15-7-3-12(4-8-15)17(26)24-10-9-16-11-27-18(25-16)13-1-5-14(6-2-13)19(21,22)23/h1-8,11H,9-10H2,(H,24,26). The van der Waals surface area contributed by atoms with Crippen LogP contribution in [0.15, 0.2) is 53.9 Å². The lowest BCUT2D eigenvalue weighted by molar-refractivity contribution is -0.137. The van der Waals surface area contributed by atoms with Gasteiger partial charge in [0.1, 0.15) is 10.8 Å². The number of hydrogen-bond acceptors (Lipinski definition) is 3. The number of nitrogens with one attached hydrogen (secondary N) is 1. The summed E-state index contributed by atoms with van der Waals surface area (Å²) in [4.78, 5) is 16.3. The zero-order chi connectivity index (χ0) is 19.4. The molecule has 0 spiro atoms. The number of thiazole rings is 1. The number of halogens is 4. The average molecular weight is 394 g/mol. The van der Waals surface area contributed by atoms with Crippen molar-refractivity contribution in [2.75, 3.05) is 6.54 Å². The van der Waals surface area contributed by atoms with Gasteiger partial charge < -0.3 is 5.32 Å². The molecule has 27 heavy (non-hydrogen) atoms. The van der Waals surface area contributed by atoms with Gasteiger partial charge in [-0.2, -0.15) is 13.2 Å². The fraction of sp³-hybridized carbons (Fsp3) is 0.158. The van der Waals surface area contributed by atoms with Gasteiger partial charge in [-0.15, -0.1) is 11.3 Å². The van der Waals surface area contributed by atoms with Gasteiger partial charge in [0, 0.05) is 29.5 Å². The number of amides is 1. The highest BCUT2D eigenvalue weighted by Gasteiger charge is 2.30. The van der Waals surface area contributed by atoms with Crippen molar-refractivity contribution >= 4 is 17.2 Å². The Morgan fingerprint density at radius 1 is 1.04 bits per heavy atom. The fourth-order valence-electron chi connectivity index (χ4n) is 2.36. The van der Waals surface area contributed by atoms with Gasteiger partial charge >= 0.3 is 6.18 Å². The minimum Gasteiger partial charge on any atom is -0.352 e. The van der Waals surface area contributed by atoms with Crippen molar-refractivity contribution in [2.24, 2.45) is 0 Å². The second kappa shape index (κ2) is 7.87. The maximum atomic E-state index is 12.9. The van der Waals surface area contributed by atoms with E-state index in [1.807, 2.05) is 0 Å². The molecule has 140 valence electrons. The Kier molecular flexibility index (Phi) is 5.55. The first-order valence-corrected chi connectivity index (χ1v) is 8.87. The van der Waals surface area contributed by atoms with Crippen LogP contribution < -0.4 is 5.32 Å². The Bertz CT molecular complexity index is 918. The summed E-state index contributed by atoms with van der Waals surface area (Å²) in [6, 6.07) is 10.1. The third-order valence-electron chi connectivity index (χ3n) is 3.78. The van der Waals surface area contributed by atoms with Gasteiger partial charge in [-0.3, -0.25) is 4.79 Å². The van der Waals surface area contributed by atoms with E-state index >= 15 is 0 Å². The normalized spacial score (nSPS) is 11.4. The molecule has 1 heterocycles. The number of alkyl halides is 3. The van der Waals surface area contributed by atoms with E-state index in [1.54, 1.807) is 5.38 Å². The molecule has 3 rings (SSSR count). The van der Waals surface area contributed by atoms with E-state index in [0.717, 1.165) is 17.8 Å². The highest BCUT2D eigenvalue weighted by Crippen LogP contribution is 2.31. The van der Waals surface area contributed by atoms with Crippen LogP contribution in [-0.4, -0.2) is 17.4 Å². The van der Waals surface area contributed by atoms with Crippen molar-refractivity contribution in [1.29, 1.82) is 0 Å². The highest BCUT2D eigenvalue weighted by molar-refractivity contribution is 7.13. The molecule has 1 amide bonds. The monoisotopic (exact) mass is 394 g/mol. The molecule has 0 unspecified atom stereocenters. The van der Waals surface area contributed by atoms with Crippen molar-refractivity contribution in [1.82, 2.24) is 10.3 Å². The second-order valence-corrected chi connectivity index (χ2v) is 6.59. The van der Waals surface area contributed by atoms with Crippen LogP contribution in [0.3, 0.4) is 0 Å². The molecule has 1 aromatic heterocycles. The Morgan fingerprint density at radius 2 is 1.70 bits per heavy atom. The average Bonchev–Trinajstić information content (AvgIpc) is 3.10. The Labute approximate surface area is 156 Å². The molecule has 0 aliphatic heterocycles. The van der Waals surface area contributed by atoms with E-state index in [2.05, 4.69) is 10.3 Å². The lowest BCUT2D eigenvalue weighted by Crippen LogP contribution is -2.25. The first kappa shape index (κ1) is 19.0. The summed E-state index contributed by atoms with van der Waals surface area (Å²) in [6.07, 6.45) is -3.89. The molecule has 2 aromatic carbocycles. The van der Waals surface area contributed by atoms with E-state index < -0.39 is 17.6 Å². The molecule has 0 saturated heterocycles. The maximum Gasteiger partial charge on any atom is 0.416 e. The summed E-state index contributed by atoms with van der Waals surface area (Å²) >= 11 is 1.33. The van der Waals surface area contributed by atoms with Gasteiger partial charge in [-0.05, 0) is 36.4 Å². The molecule has 0 atom stereocenters. The Hall–Kier alpha value is -2.74. The number of carbonyl (C=O) groups excluding carboxylic acids is 1. The summed E-state index contributed by atoms with van der Waals surface area (Å²) in [6.45, 7) is 0.340. The summed E-state index contributed by atoms with van der Waals surface area (Å²) in [5.41, 5.74) is 0.996. The van der Waals surface area contributed by atoms with Crippen molar-refractivity contribution in [3.05, 3.63) is 76.5 Å². The van der Waals surface area contributed by atoms with Gasteiger partial charge in [0.15, 0.2) is 0 Å². The zero-order valence-electron chi connectivity index (χ0n) is 13.9. The smallest absolute Gasteiger partial charge is 0.352 e. The lowest BCUT2D eigenvalue weighted by Gasteiger charge is -2.06. The molecule has 0 aliphatic carbocycles. The third-order valence-corrected chi connectivity index (χ3v) is 4.72. The first-order valence-electron chi connectivity index (χ1n) is 7.99. The molecule has 0 bridgehead atoms. The molecule has 0 saturated carbocycles. The van der Waals surface area contributed by atoms with Gasteiger partial charge in [-0.1, -0.05) is 12.1 Å². The van der Waals surface area contributed by atoms with Gasteiger partial charge in [0.05, 0.1) is 11.3 Å². The second-order valence-electron chi connectivity index (χ2n) is 5.73. The lowest BCUT2D eigenvalue weighted by atomic mass is 10.1. The number of carbonyl (C=O) groups is 1. The third kappa shape index (κ3) is 4.91. The molecular formula is C19H14F4N2OS. The van der Waals surface area contributed by atoms with Crippen LogP contribution in [0.4, 0.5) is 17.6 Å². The predicted octanol–water partition coefficient (Wildman–Crippen LogP) is 4.94. The summed E-state index contributed by atoms with van der Waals surface area (Å²) in [5, 5.41) is 5.14. The number of hydrogen-bond donors (Lipinski definition) is 1. The molecule has 0 radical (unpaired) electrons. The molecule has 8 heteroatoms. The molecule has 3 nitrogen and oxygen atoms in total. The topological polar surface area (TPSA) is 42.0 Å². The molecule has 3 aromatic rings. The zero-order valence-corrected chi connectivity index (χ0v) is 14.7. The van der Waals surface area contributed by atoms with Crippen LogP contribution in [0.2, 0.25) is 0 Å². The van der Waals surface area contributed by atoms with Crippen molar-refractivity contribution in [3.8, 4) is 10.6 Å². The van der Waals surface area contributed by atoms with Crippen LogP contribution in [0, 0.1) is 5.82 Å². The van der Waals surface area contributed by atoms with Gasteiger partial charge in [-0.25, -0.2) is 9.37 Å². The van der Waals surface area contributed by atoms with Gasteiger partial charge in [0.2, 0.25) is 0 Å². The Balaban J connectivity index is 1.56. The summed E-state index contributed by atoms with van der Waals surface area (Å²) in [7, 11) is 0. The van der Waals surface area contributed by atoms with Crippen molar-refractivity contribution in [3.63, 3.8) is 0 Å². The van der Waals surface area contributed by atoms with Crippen LogP contribution in [0.5, 0.6) is 0 Å². The SMILES string of the molecule is O=C(NCCc1csc(-c2ccc(C(F)(F)F)cc2)n1)c1ccc(F)cc1. The summed E-state index contributed by atoms with van der Waals surface area (Å²) < 4.78 is 50.7. The minimum absolute atomic E-state index is 0.312. The van der Waals surface area contributed by atoms with Crippen LogP contribution in [0.25, 0.3) is 10.6 Å². The predicted molar refractivity (Wildman–Crippen MR) is 95.0 cm³/mol. The number of nitrogens with zero attached hydrogens (tertiary/aromatic N) is 1. The molecule has 1 N–H and O–H groups in total.